The first-order valence-electron chi connectivity index (χ1n) is 9.40. The highest BCUT2D eigenvalue weighted by atomic mass is 19.1. The highest BCUT2D eigenvalue weighted by Crippen LogP contribution is 2.23. The third-order valence-electron chi connectivity index (χ3n) is 3.98. The van der Waals surface area contributed by atoms with Crippen LogP contribution in [0.4, 0.5) is 9.18 Å². The zero-order valence-electron chi connectivity index (χ0n) is 17.0. The molecule has 0 bridgehead atoms. The van der Waals surface area contributed by atoms with Crippen LogP contribution in [0.25, 0.3) is 0 Å². The molecule has 0 saturated heterocycles. The molecule has 0 radical (unpaired) electrons. The van der Waals surface area contributed by atoms with Gasteiger partial charge in [0.25, 0.3) is 0 Å². The average Bonchev–Trinajstić information content (AvgIpc) is 2.64. The minimum absolute atomic E-state index is 0.129. The van der Waals surface area contributed by atoms with E-state index in [0.717, 1.165) is 12.1 Å². The van der Waals surface area contributed by atoms with E-state index in [1.807, 2.05) is 30.0 Å². The Labute approximate surface area is 166 Å². The molecule has 0 fully saturated rings. The van der Waals surface area contributed by atoms with Gasteiger partial charge in [0.1, 0.15) is 11.6 Å². The molecule has 0 unspecified atom stereocenters. The number of carbonyl (C=O) groups excluding carboxylic acids is 1. The Balaban J connectivity index is 2.03. The maximum Gasteiger partial charge on any atom is 0.317 e. The third kappa shape index (κ3) is 7.15. The van der Waals surface area contributed by atoms with Gasteiger partial charge in [-0.05, 0) is 38.2 Å². The van der Waals surface area contributed by atoms with Crippen LogP contribution in [-0.2, 0) is 6.54 Å². The zero-order valence-corrected chi connectivity index (χ0v) is 17.0. The Bertz CT molecular complexity index is 768. The fourth-order valence-electron chi connectivity index (χ4n) is 2.61. The summed E-state index contributed by atoms with van der Waals surface area (Å²) in [5.41, 5.74) is 0.720. The Hall–Kier alpha value is -2.67. The number of hydrogen-bond donors (Lipinski definition) is 1. The molecule has 1 aromatic heterocycles. The number of carbonyl (C=O) groups is 1. The molecule has 2 aromatic rings. The van der Waals surface area contributed by atoms with Crippen molar-refractivity contribution in [2.75, 3.05) is 33.7 Å². The van der Waals surface area contributed by atoms with Gasteiger partial charge in [0, 0.05) is 44.0 Å². The van der Waals surface area contributed by atoms with Crippen LogP contribution in [0.2, 0.25) is 0 Å². The number of rotatable bonds is 9. The van der Waals surface area contributed by atoms with Gasteiger partial charge in [0.2, 0.25) is 5.88 Å². The minimum Gasteiger partial charge on any atom is -0.439 e. The van der Waals surface area contributed by atoms with Gasteiger partial charge in [-0.1, -0.05) is 26.0 Å². The van der Waals surface area contributed by atoms with Gasteiger partial charge < -0.3 is 19.9 Å². The fraction of sp³-hybridized carbons (Fsp3) is 0.429. The number of aromatic nitrogens is 1. The number of nitrogens with zero attached hydrogens (tertiary/aromatic N) is 3. The predicted octanol–water partition coefficient (Wildman–Crippen LogP) is 3.74. The average molecular weight is 388 g/mol. The van der Waals surface area contributed by atoms with E-state index in [4.69, 9.17) is 4.74 Å². The lowest BCUT2D eigenvalue weighted by atomic mass is 10.2. The molecule has 0 aliphatic carbocycles. The summed E-state index contributed by atoms with van der Waals surface area (Å²) in [5.74, 6) is 0.697. The summed E-state index contributed by atoms with van der Waals surface area (Å²) >= 11 is 0. The summed E-state index contributed by atoms with van der Waals surface area (Å²) in [6.07, 6.45) is 1.60. The van der Waals surface area contributed by atoms with Gasteiger partial charge >= 0.3 is 6.03 Å². The lowest BCUT2D eigenvalue weighted by Crippen LogP contribution is -2.44. The quantitative estimate of drug-likeness (QED) is 0.711. The van der Waals surface area contributed by atoms with Gasteiger partial charge in [-0.3, -0.25) is 0 Å². The van der Waals surface area contributed by atoms with Gasteiger partial charge in [-0.2, -0.15) is 0 Å². The summed E-state index contributed by atoms with van der Waals surface area (Å²) in [6.45, 7) is 6.56. The normalized spacial score (nSPS) is 11.0. The minimum atomic E-state index is -0.381. The van der Waals surface area contributed by atoms with Crippen molar-refractivity contribution in [3.05, 3.63) is 54.0 Å². The molecule has 1 heterocycles. The number of nitrogens with one attached hydrogen (secondary N) is 1. The van der Waals surface area contributed by atoms with E-state index in [0.29, 0.717) is 30.6 Å². The second-order valence-corrected chi connectivity index (χ2v) is 7.33. The van der Waals surface area contributed by atoms with Crippen molar-refractivity contribution < 1.29 is 13.9 Å². The van der Waals surface area contributed by atoms with Crippen molar-refractivity contribution >= 4 is 6.03 Å². The molecule has 0 aliphatic rings. The van der Waals surface area contributed by atoms with Crippen molar-refractivity contribution in [3.63, 3.8) is 0 Å². The van der Waals surface area contributed by atoms with Crippen molar-refractivity contribution in [2.24, 2.45) is 5.92 Å². The first-order chi connectivity index (χ1) is 13.3. The van der Waals surface area contributed by atoms with Crippen LogP contribution in [0, 0.1) is 11.7 Å². The van der Waals surface area contributed by atoms with Crippen molar-refractivity contribution in [2.45, 2.75) is 20.4 Å². The van der Waals surface area contributed by atoms with Gasteiger partial charge in [0.05, 0.1) is 0 Å². The molecule has 2 amide bonds. The van der Waals surface area contributed by atoms with Crippen molar-refractivity contribution in [1.82, 2.24) is 20.1 Å². The fourth-order valence-corrected chi connectivity index (χ4v) is 2.61. The highest BCUT2D eigenvalue weighted by molar-refractivity contribution is 5.74. The SMILES string of the molecule is CC(C)CN(CCN(C)C)C(=O)NCc1cccnc1Oc1cccc(F)c1. The topological polar surface area (TPSA) is 57.7 Å². The molecule has 6 nitrogen and oxygen atoms in total. The van der Waals surface area contributed by atoms with Gasteiger partial charge in [-0.15, -0.1) is 0 Å². The number of urea groups is 1. The predicted molar refractivity (Wildman–Crippen MR) is 108 cm³/mol. The monoisotopic (exact) mass is 388 g/mol. The summed E-state index contributed by atoms with van der Waals surface area (Å²) in [6, 6.07) is 9.35. The Kier molecular flexibility index (Phi) is 8.19. The van der Waals surface area contributed by atoms with Crippen LogP contribution in [0.15, 0.2) is 42.6 Å². The number of ether oxygens (including phenoxy) is 1. The van der Waals surface area contributed by atoms with Crippen LogP contribution in [0.1, 0.15) is 19.4 Å². The molecule has 1 N–H and O–H groups in total. The maximum atomic E-state index is 13.4. The summed E-state index contributed by atoms with van der Waals surface area (Å²) in [5, 5.41) is 2.94. The smallest absolute Gasteiger partial charge is 0.317 e. The molecule has 0 aliphatic heterocycles. The van der Waals surface area contributed by atoms with Gasteiger partial charge in [0.15, 0.2) is 0 Å². The van der Waals surface area contributed by atoms with Gasteiger partial charge in [-0.25, -0.2) is 14.2 Å². The Morgan fingerprint density at radius 2 is 2.00 bits per heavy atom. The molecule has 0 saturated carbocycles. The molecule has 0 atom stereocenters. The summed E-state index contributed by atoms with van der Waals surface area (Å²) in [7, 11) is 3.97. The molecule has 152 valence electrons. The Morgan fingerprint density at radius 3 is 2.68 bits per heavy atom. The number of pyridine rings is 1. The second-order valence-electron chi connectivity index (χ2n) is 7.33. The van der Waals surface area contributed by atoms with E-state index in [2.05, 4.69) is 24.1 Å². The zero-order chi connectivity index (χ0) is 20.5. The molecule has 0 spiro atoms. The number of halogens is 1. The number of hydrogen-bond acceptors (Lipinski definition) is 4. The van der Waals surface area contributed by atoms with Crippen molar-refractivity contribution in [1.29, 1.82) is 0 Å². The number of likely N-dealkylation sites (N-methyl/N-ethyl adjacent to an activating group) is 1. The molecule has 2 rings (SSSR count). The molecular weight excluding hydrogens is 359 g/mol. The van der Waals surface area contributed by atoms with Crippen LogP contribution < -0.4 is 10.1 Å². The van der Waals surface area contributed by atoms with Crippen molar-refractivity contribution in [3.8, 4) is 11.6 Å². The first-order valence-corrected chi connectivity index (χ1v) is 9.40. The molecule has 28 heavy (non-hydrogen) atoms. The standard InChI is InChI=1S/C21H29FN4O2/c1-16(2)15-26(12-11-25(3)4)21(27)24-14-17-7-6-10-23-20(17)28-19-9-5-8-18(22)13-19/h5-10,13,16H,11-12,14-15H2,1-4H3,(H,24,27). The lowest BCUT2D eigenvalue weighted by Gasteiger charge is -2.26. The maximum absolute atomic E-state index is 13.4. The second kappa shape index (κ2) is 10.6. The first kappa shape index (κ1) is 21.6. The molecule has 1 aromatic carbocycles. The highest BCUT2D eigenvalue weighted by Gasteiger charge is 2.16. The lowest BCUT2D eigenvalue weighted by molar-refractivity contribution is 0.184. The van der Waals surface area contributed by atoms with E-state index in [9.17, 15) is 9.18 Å². The van der Waals surface area contributed by atoms with E-state index >= 15 is 0 Å². The van der Waals surface area contributed by atoms with E-state index in [-0.39, 0.29) is 18.4 Å². The van der Waals surface area contributed by atoms with Crippen LogP contribution in [0.3, 0.4) is 0 Å². The largest absolute Gasteiger partial charge is 0.439 e. The number of amides is 2. The molecular formula is C21H29FN4O2. The van der Waals surface area contributed by atoms with Crippen LogP contribution in [0.5, 0.6) is 11.6 Å². The molecule has 7 heteroatoms. The van der Waals surface area contributed by atoms with Crippen LogP contribution >= 0.6 is 0 Å². The summed E-state index contributed by atoms with van der Waals surface area (Å²) in [4.78, 5) is 20.7. The third-order valence-corrected chi connectivity index (χ3v) is 3.98. The van der Waals surface area contributed by atoms with E-state index in [1.54, 1.807) is 24.4 Å². The summed E-state index contributed by atoms with van der Waals surface area (Å²) < 4.78 is 19.1. The van der Waals surface area contributed by atoms with E-state index in [1.165, 1.54) is 12.1 Å². The number of benzene rings is 1. The van der Waals surface area contributed by atoms with Crippen LogP contribution in [-0.4, -0.2) is 54.5 Å². The Morgan fingerprint density at radius 1 is 1.21 bits per heavy atom. The van der Waals surface area contributed by atoms with E-state index < -0.39 is 0 Å².